The number of aromatic hydroxyl groups is 1. The fourth-order valence-corrected chi connectivity index (χ4v) is 2.88. The number of nitrogens with zero attached hydrogens (tertiary/aromatic N) is 1. The van der Waals surface area contributed by atoms with Gasteiger partial charge < -0.3 is 14.6 Å². The number of aryl methyl sites for hydroxylation is 1. The van der Waals surface area contributed by atoms with Crippen LogP contribution in [0.1, 0.15) is 26.6 Å². The van der Waals surface area contributed by atoms with Gasteiger partial charge in [-0.3, -0.25) is 0 Å². The van der Waals surface area contributed by atoms with Gasteiger partial charge in [0.25, 0.3) is 0 Å². The number of rotatable bonds is 6. The molecular formula is C19H16FNO4S. The van der Waals surface area contributed by atoms with Crippen molar-refractivity contribution in [2.45, 2.75) is 20.1 Å². The quantitative estimate of drug-likeness (QED) is 0.655. The number of carbonyl (C=O) groups is 1. The second kappa shape index (κ2) is 7.97. The van der Waals surface area contributed by atoms with Crippen LogP contribution >= 0.6 is 11.3 Å². The Morgan fingerprint density at radius 3 is 2.73 bits per heavy atom. The van der Waals surface area contributed by atoms with E-state index < -0.39 is 5.97 Å². The molecule has 0 atom stereocenters. The van der Waals surface area contributed by atoms with Gasteiger partial charge in [-0.15, -0.1) is 11.3 Å². The molecule has 0 aliphatic heterocycles. The predicted molar refractivity (Wildman–Crippen MR) is 94.8 cm³/mol. The standard InChI is InChI=1S/C19H16FNO4S/c1-12-2-7-17(22)16(8-12)19(23)25-9-14-11-26-18(21-14)10-24-15-5-3-13(20)4-6-15/h2-8,11,22H,9-10H2,1H3. The Kier molecular flexibility index (Phi) is 5.48. The molecule has 0 amide bonds. The first-order valence-electron chi connectivity index (χ1n) is 7.79. The average molecular weight is 373 g/mol. The molecule has 0 unspecified atom stereocenters. The zero-order valence-corrected chi connectivity index (χ0v) is 14.8. The monoisotopic (exact) mass is 373 g/mol. The summed E-state index contributed by atoms with van der Waals surface area (Å²) < 4.78 is 23.6. The van der Waals surface area contributed by atoms with Crippen LogP contribution in [0.25, 0.3) is 0 Å². The van der Waals surface area contributed by atoms with E-state index in [1.807, 2.05) is 6.92 Å². The van der Waals surface area contributed by atoms with Crippen LogP contribution in [0, 0.1) is 12.7 Å². The molecule has 3 rings (SSSR count). The molecule has 0 fully saturated rings. The molecule has 0 saturated heterocycles. The van der Waals surface area contributed by atoms with Gasteiger partial charge in [-0.25, -0.2) is 14.2 Å². The molecule has 5 nitrogen and oxygen atoms in total. The van der Waals surface area contributed by atoms with Gasteiger partial charge in [-0.05, 0) is 43.3 Å². The molecule has 1 aromatic heterocycles. The largest absolute Gasteiger partial charge is 0.507 e. The molecule has 0 spiro atoms. The summed E-state index contributed by atoms with van der Waals surface area (Å²) in [6, 6.07) is 10.5. The van der Waals surface area contributed by atoms with E-state index in [0.717, 1.165) is 5.56 Å². The molecule has 0 bridgehead atoms. The van der Waals surface area contributed by atoms with E-state index in [-0.39, 0.29) is 30.3 Å². The second-order valence-corrected chi connectivity index (χ2v) is 6.51. The van der Waals surface area contributed by atoms with Crippen LogP contribution in [0.2, 0.25) is 0 Å². The summed E-state index contributed by atoms with van der Waals surface area (Å²) in [7, 11) is 0. The second-order valence-electron chi connectivity index (χ2n) is 5.57. The maximum Gasteiger partial charge on any atom is 0.342 e. The van der Waals surface area contributed by atoms with Gasteiger partial charge in [-0.1, -0.05) is 11.6 Å². The maximum absolute atomic E-state index is 12.8. The number of hydrogen-bond donors (Lipinski definition) is 1. The first-order chi connectivity index (χ1) is 12.5. The first kappa shape index (κ1) is 17.9. The summed E-state index contributed by atoms with van der Waals surface area (Å²) in [5.74, 6) is -0.504. The van der Waals surface area contributed by atoms with Gasteiger partial charge in [0.15, 0.2) is 0 Å². The molecule has 3 aromatic rings. The number of carbonyl (C=O) groups excluding carboxylic acids is 1. The van der Waals surface area contributed by atoms with E-state index >= 15 is 0 Å². The van der Waals surface area contributed by atoms with E-state index in [0.29, 0.717) is 16.5 Å². The fourth-order valence-electron chi connectivity index (χ4n) is 2.19. The number of halogens is 1. The minimum absolute atomic E-state index is 0.000731. The summed E-state index contributed by atoms with van der Waals surface area (Å²) in [5.41, 5.74) is 1.57. The van der Waals surface area contributed by atoms with Crippen molar-refractivity contribution in [2.24, 2.45) is 0 Å². The van der Waals surface area contributed by atoms with Crippen LogP contribution in [0.5, 0.6) is 11.5 Å². The maximum atomic E-state index is 12.8. The van der Waals surface area contributed by atoms with Crippen molar-refractivity contribution in [3.8, 4) is 11.5 Å². The number of thiazole rings is 1. The van der Waals surface area contributed by atoms with Crippen molar-refractivity contribution in [3.05, 3.63) is 75.5 Å². The molecule has 26 heavy (non-hydrogen) atoms. The number of benzene rings is 2. The summed E-state index contributed by atoms with van der Waals surface area (Å²) in [6.45, 7) is 2.06. The van der Waals surface area contributed by atoms with Crippen molar-refractivity contribution in [1.29, 1.82) is 0 Å². The van der Waals surface area contributed by atoms with Crippen LogP contribution in [-0.2, 0) is 18.0 Å². The average Bonchev–Trinajstić information content (AvgIpc) is 3.09. The Bertz CT molecular complexity index is 908. The zero-order chi connectivity index (χ0) is 18.5. The van der Waals surface area contributed by atoms with Crippen molar-refractivity contribution in [2.75, 3.05) is 0 Å². The molecule has 1 heterocycles. The lowest BCUT2D eigenvalue weighted by Gasteiger charge is -2.06. The molecule has 0 aliphatic carbocycles. The van der Waals surface area contributed by atoms with Gasteiger partial charge in [0.05, 0.1) is 5.69 Å². The van der Waals surface area contributed by atoms with E-state index in [1.165, 1.54) is 29.5 Å². The summed E-state index contributed by atoms with van der Waals surface area (Å²) >= 11 is 1.37. The third-order valence-corrected chi connectivity index (χ3v) is 4.37. The highest BCUT2D eigenvalue weighted by Crippen LogP contribution is 2.20. The highest BCUT2D eigenvalue weighted by Gasteiger charge is 2.14. The lowest BCUT2D eigenvalue weighted by Crippen LogP contribution is -2.06. The molecule has 2 aromatic carbocycles. The Balaban J connectivity index is 1.54. The Hall–Kier alpha value is -2.93. The van der Waals surface area contributed by atoms with Crippen molar-refractivity contribution in [3.63, 3.8) is 0 Å². The van der Waals surface area contributed by atoms with E-state index in [2.05, 4.69) is 4.98 Å². The molecule has 134 valence electrons. The first-order valence-corrected chi connectivity index (χ1v) is 8.67. The minimum Gasteiger partial charge on any atom is -0.507 e. The van der Waals surface area contributed by atoms with E-state index in [1.54, 1.807) is 29.6 Å². The van der Waals surface area contributed by atoms with Gasteiger partial charge in [0, 0.05) is 5.38 Å². The molecule has 7 heteroatoms. The Morgan fingerprint density at radius 2 is 1.96 bits per heavy atom. The molecule has 0 aliphatic rings. The lowest BCUT2D eigenvalue weighted by molar-refractivity contribution is 0.0464. The van der Waals surface area contributed by atoms with Gasteiger partial charge in [-0.2, -0.15) is 0 Å². The van der Waals surface area contributed by atoms with Crippen LogP contribution < -0.4 is 4.74 Å². The van der Waals surface area contributed by atoms with Crippen molar-refractivity contribution < 1.29 is 23.8 Å². The summed E-state index contributed by atoms with van der Waals surface area (Å²) in [6.07, 6.45) is 0. The number of aromatic nitrogens is 1. The highest BCUT2D eigenvalue weighted by atomic mass is 32.1. The molecule has 0 radical (unpaired) electrons. The lowest BCUT2D eigenvalue weighted by atomic mass is 10.1. The number of ether oxygens (including phenoxy) is 2. The zero-order valence-electron chi connectivity index (χ0n) is 13.9. The molecule has 0 saturated carbocycles. The normalized spacial score (nSPS) is 10.5. The third kappa shape index (κ3) is 4.58. The van der Waals surface area contributed by atoms with E-state index in [4.69, 9.17) is 9.47 Å². The van der Waals surface area contributed by atoms with Crippen LogP contribution in [0.3, 0.4) is 0 Å². The number of hydrogen-bond acceptors (Lipinski definition) is 6. The predicted octanol–water partition coefficient (Wildman–Crippen LogP) is 4.23. The Morgan fingerprint density at radius 1 is 1.19 bits per heavy atom. The minimum atomic E-state index is -0.608. The third-order valence-electron chi connectivity index (χ3n) is 3.50. The SMILES string of the molecule is Cc1ccc(O)c(C(=O)OCc2csc(COc3ccc(F)cc3)n2)c1. The number of esters is 1. The number of phenols is 1. The van der Waals surface area contributed by atoms with Crippen LogP contribution in [0.4, 0.5) is 4.39 Å². The topological polar surface area (TPSA) is 68.7 Å². The van der Waals surface area contributed by atoms with Gasteiger partial charge in [0.2, 0.25) is 0 Å². The van der Waals surface area contributed by atoms with Crippen molar-refractivity contribution in [1.82, 2.24) is 4.98 Å². The van der Waals surface area contributed by atoms with Gasteiger partial charge >= 0.3 is 5.97 Å². The molecule has 1 N–H and O–H groups in total. The van der Waals surface area contributed by atoms with Crippen LogP contribution in [0.15, 0.2) is 47.8 Å². The molecular weight excluding hydrogens is 357 g/mol. The fraction of sp³-hybridized carbons (Fsp3) is 0.158. The van der Waals surface area contributed by atoms with Gasteiger partial charge in [0.1, 0.15) is 41.1 Å². The van der Waals surface area contributed by atoms with Crippen molar-refractivity contribution >= 4 is 17.3 Å². The van der Waals surface area contributed by atoms with E-state index in [9.17, 15) is 14.3 Å². The smallest absolute Gasteiger partial charge is 0.342 e. The summed E-state index contributed by atoms with van der Waals surface area (Å²) in [4.78, 5) is 16.4. The highest BCUT2D eigenvalue weighted by molar-refractivity contribution is 7.09. The number of phenolic OH excluding ortho intramolecular Hbond substituents is 1. The Labute approximate surface area is 153 Å². The summed E-state index contributed by atoms with van der Waals surface area (Å²) in [5, 5.41) is 12.2. The van der Waals surface area contributed by atoms with Crippen LogP contribution in [-0.4, -0.2) is 16.1 Å².